The highest BCUT2D eigenvalue weighted by Crippen LogP contribution is 2.21. The molecular weight excluding hydrogens is 336 g/mol. The van der Waals surface area contributed by atoms with E-state index in [0.29, 0.717) is 6.54 Å². The Hall–Kier alpha value is -1.93. The van der Waals surface area contributed by atoms with Gasteiger partial charge in [-0.25, -0.2) is 14.6 Å². The van der Waals surface area contributed by atoms with E-state index in [9.17, 15) is 4.79 Å². The topological polar surface area (TPSA) is 67.2 Å². The molecule has 8 heteroatoms. The average Bonchev–Trinajstić information content (AvgIpc) is 2.67. The maximum absolute atomic E-state index is 12.3. The highest BCUT2D eigenvalue weighted by atomic mass is 32.2. The van der Waals surface area contributed by atoms with Gasteiger partial charge >= 0.3 is 0 Å². The summed E-state index contributed by atoms with van der Waals surface area (Å²) in [6.45, 7) is 5.35. The Balaban J connectivity index is 1.33. The standard InChI is InChI=1S/C17H22N6OS/c24-17-11-14-12-25-10-2-15(14)20-23(17)9-6-21-4-7-22(8-5-21)16-1-3-18-13-19-16/h1,3,11,13H,2,4-10,12H2. The predicted octanol–water partition coefficient (Wildman–Crippen LogP) is 0.645. The molecule has 1 fully saturated rings. The molecule has 4 rings (SSSR count). The number of rotatable bonds is 4. The lowest BCUT2D eigenvalue weighted by atomic mass is 10.2. The zero-order valence-electron chi connectivity index (χ0n) is 14.2. The van der Waals surface area contributed by atoms with Crippen molar-refractivity contribution in [1.82, 2.24) is 24.6 Å². The Morgan fingerprint density at radius 1 is 1.16 bits per heavy atom. The van der Waals surface area contributed by atoms with E-state index in [4.69, 9.17) is 0 Å². The number of fused-ring (bicyclic) bond motifs is 1. The molecule has 2 aliphatic rings. The lowest BCUT2D eigenvalue weighted by Gasteiger charge is -2.35. The van der Waals surface area contributed by atoms with Crippen molar-refractivity contribution in [2.24, 2.45) is 0 Å². The van der Waals surface area contributed by atoms with Crippen LogP contribution in [-0.4, -0.2) is 63.1 Å². The maximum Gasteiger partial charge on any atom is 0.267 e. The van der Waals surface area contributed by atoms with Crippen molar-refractivity contribution in [3.05, 3.63) is 46.3 Å². The highest BCUT2D eigenvalue weighted by molar-refractivity contribution is 7.98. The fourth-order valence-corrected chi connectivity index (χ4v) is 4.27. The second-order valence-corrected chi connectivity index (χ2v) is 7.48. The van der Waals surface area contributed by atoms with Crippen molar-refractivity contribution in [2.45, 2.75) is 18.7 Å². The molecule has 1 saturated heterocycles. The van der Waals surface area contributed by atoms with Crippen LogP contribution >= 0.6 is 11.8 Å². The van der Waals surface area contributed by atoms with Crippen LogP contribution in [0.15, 0.2) is 29.5 Å². The molecule has 0 saturated carbocycles. The second-order valence-electron chi connectivity index (χ2n) is 6.38. The summed E-state index contributed by atoms with van der Waals surface area (Å²) < 4.78 is 1.64. The number of hydrogen-bond donors (Lipinski definition) is 0. The summed E-state index contributed by atoms with van der Waals surface area (Å²) in [5.41, 5.74) is 2.25. The predicted molar refractivity (Wildman–Crippen MR) is 99.0 cm³/mol. The van der Waals surface area contributed by atoms with Crippen LogP contribution in [-0.2, 0) is 18.7 Å². The van der Waals surface area contributed by atoms with E-state index >= 15 is 0 Å². The fourth-order valence-electron chi connectivity index (χ4n) is 3.32. The molecule has 7 nitrogen and oxygen atoms in total. The molecule has 132 valence electrons. The molecule has 0 spiro atoms. The third-order valence-electron chi connectivity index (χ3n) is 4.80. The zero-order valence-corrected chi connectivity index (χ0v) is 15.0. The van der Waals surface area contributed by atoms with Gasteiger partial charge in [-0.15, -0.1) is 0 Å². The number of nitrogens with zero attached hydrogens (tertiary/aromatic N) is 6. The first kappa shape index (κ1) is 16.5. The van der Waals surface area contributed by atoms with Gasteiger partial charge in [0.05, 0.1) is 12.2 Å². The molecule has 0 unspecified atom stereocenters. The molecule has 0 aromatic carbocycles. The highest BCUT2D eigenvalue weighted by Gasteiger charge is 2.18. The molecule has 2 aromatic rings. The van der Waals surface area contributed by atoms with Crippen LogP contribution in [0.4, 0.5) is 5.82 Å². The van der Waals surface area contributed by atoms with Crippen LogP contribution in [0.5, 0.6) is 0 Å². The van der Waals surface area contributed by atoms with E-state index < -0.39 is 0 Å². The number of anilines is 1. The first-order chi connectivity index (χ1) is 12.3. The van der Waals surface area contributed by atoms with Crippen molar-refractivity contribution in [3.8, 4) is 0 Å². The van der Waals surface area contributed by atoms with Gasteiger partial charge in [0.2, 0.25) is 0 Å². The second kappa shape index (κ2) is 7.53. The van der Waals surface area contributed by atoms with E-state index in [0.717, 1.165) is 67.7 Å². The van der Waals surface area contributed by atoms with E-state index in [1.807, 2.05) is 17.8 Å². The van der Waals surface area contributed by atoms with Gasteiger partial charge in [-0.3, -0.25) is 9.69 Å². The van der Waals surface area contributed by atoms with Gasteiger partial charge in [0.15, 0.2) is 0 Å². The van der Waals surface area contributed by atoms with Crippen molar-refractivity contribution in [1.29, 1.82) is 0 Å². The van der Waals surface area contributed by atoms with Crippen LogP contribution in [0, 0.1) is 0 Å². The van der Waals surface area contributed by atoms with Gasteiger partial charge in [-0.05, 0) is 17.4 Å². The largest absolute Gasteiger partial charge is 0.354 e. The smallest absolute Gasteiger partial charge is 0.267 e. The van der Waals surface area contributed by atoms with Crippen molar-refractivity contribution in [2.75, 3.05) is 43.4 Å². The van der Waals surface area contributed by atoms with Crippen LogP contribution < -0.4 is 10.5 Å². The SMILES string of the molecule is O=c1cc2c(nn1CCN1CCN(c3ccncn3)CC1)CCSC2. The number of aryl methyl sites for hydroxylation is 1. The minimum Gasteiger partial charge on any atom is -0.354 e. The molecule has 0 bridgehead atoms. The molecule has 0 aliphatic carbocycles. The van der Waals surface area contributed by atoms with E-state index in [2.05, 4.69) is 24.9 Å². The zero-order chi connectivity index (χ0) is 17.1. The number of piperazine rings is 1. The lowest BCUT2D eigenvalue weighted by molar-refractivity contribution is 0.242. The Labute approximate surface area is 151 Å². The van der Waals surface area contributed by atoms with Gasteiger partial charge in [0, 0.05) is 57.2 Å². The summed E-state index contributed by atoms with van der Waals surface area (Å²) in [5.74, 6) is 3.01. The summed E-state index contributed by atoms with van der Waals surface area (Å²) >= 11 is 1.88. The van der Waals surface area contributed by atoms with E-state index in [1.54, 1.807) is 23.3 Å². The van der Waals surface area contributed by atoms with Gasteiger partial charge < -0.3 is 4.90 Å². The summed E-state index contributed by atoms with van der Waals surface area (Å²) in [4.78, 5) is 25.2. The third kappa shape index (κ3) is 3.85. The fraction of sp³-hybridized carbons (Fsp3) is 0.529. The molecule has 25 heavy (non-hydrogen) atoms. The van der Waals surface area contributed by atoms with E-state index in [-0.39, 0.29) is 5.56 Å². The summed E-state index contributed by atoms with van der Waals surface area (Å²) in [5, 5.41) is 4.60. The quantitative estimate of drug-likeness (QED) is 0.795. The average molecular weight is 358 g/mol. The molecule has 2 aliphatic heterocycles. The molecule has 2 aromatic heterocycles. The monoisotopic (exact) mass is 358 g/mol. The molecule has 0 radical (unpaired) electrons. The Kier molecular flexibility index (Phi) is 4.98. The maximum atomic E-state index is 12.3. The molecule has 0 amide bonds. The van der Waals surface area contributed by atoms with Gasteiger partial charge in [-0.2, -0.15) is 16.9 Å². The molecule has 4 heterocycles. The van der Waals surface area contributed by atoms with Crippen LogP contribution in [0.3, 0.4) is 0 Å². The summed E-state index contributed by atoms with van der Waals surface area (Å²) in [7, 11) is 0. The van der Waals surface area contributed by atoms with Crippen molar-refractivity contribution < 1.29 is 0 Å². The normalized spacial score (nSPS) is 18.2. The number of thioether (sulfide) groups is 1. The minimum atomic E-state index is 0.0286. The first-order valence-corrected chi connectivity index (χ1v) is 9.86. The number of aromatic nitrogens is 4. The van der Waals surface area contributed by atoms with Gasteiger partial charge in [0.1, 0.15) is 12.1 Å². The van der Waals surface area contributed by atoms with Crippen molar-refractivity contribution in [3.63, 3.8) is 0 Å². The lowest BCUT2D eigenvalue weighted by Crippen LogP contribution is -2.48. The Morgan fingerprint density at radius 3 is 2.84 bits per heavy atom. The van der Waals surface area contributed by atoms with Crippen LogP contribution in [0.1, 0.15) is 11.3 Å². The van der Waals surface area contributed by atoms with Gasteiger partial charge in [-0.1, -0.05) is 0 Å². The molecule has 0 N–H and O–H groups in total. The summed E-state index contributed by atoms with van der Waals surface area (Å²) in [6, 6.07) is 3.73. The molecular formula is C17H22N6OS. The Bertz CT molecular complexity index is 772. The van der Waals surface area contributed by atoms with Crippen LogP contribution in [0.25, 0.3) is 0 Å². The first-order valence-electron chi connectivity index (χ1n) is 8.70. The van der Waals surface area contributed by atoms with E-state index in [1.165, 1.54) is 0 Å². The molecule has 0 atom stereocenters. The Morgan fingerprint density at radius 2 is 2.04 bits per heavy atom. The number of hydrogen-bond acceptors (Lipinski definition) is 7. The van der Waals surface area contributed by atoms with Crippen LogP contribution in [0.2, 0.25) is 0 Å². The van der Waals surface area contributed by atoms with Crippen molar-refractivity contribution >= 4 is 17.6 Å². The third-order valence-corrected chi connectivity index (χ3v) is 5.80. The summed E-state index contributed by atoms with van der Waals surface area (Å²) in [6.07, 6.45) is 4.34. The van der Waals surface area contributed by atoms with Gasteiger partial charge in [0.25, 0.3) is 5.56 Å². The minimum absolute atomic E-state index is 0.0286.